The minimum absolute atomic E-state index is 0.951. The van der Waals surface area contributed by atoms with Gasteiger partial charge in [-0.05, 0) is 31.5 Å². The van der Waals surface area contributed by atoms with Crippen molar-refractivity contribution in [1.82, 2.24) is 15.2 Å². The summed E-state index contributed by atoms with van der Waals surface area (Å²) in [7, 11) is 0. The quantitative estimate of drug-likeness (QED) is 0.751. The normalized spacial score (nSPS) is 10.6. The lowest BCUT2D eigenvalue weighted by Gasteiger charge is -2.06. The van der Waals surface area contributed by atoms with Crippen molar-refractivity contribution in [1.29, 1.82) is 0 Å². The maximum atomic E-state index is 4.46. The van der Waals surface area contributed by atoms with E-state index in [0.717, 1.165) is 28.2 Å². The molecule has 0 bridgehead atoms. The summed E-state index contributed by atoms with van der Waals surface area (Å²) in [4.78, 5) is 4.44. The van der Waals surface area contributed by atoms with E-state index in [1.807, 2.05) is 43.5 Å². The van der Waals surface area contributed by atoms with Crippen LogP contribution in [0.25, 0.3) is 22.5 Å². The average Bonchev–Trinajstić information content (AvgIpc) is 2.82. The van der Waals surface area contributed by atoms with Gasteiger partial charge in [-0.25, -0.2) is 0 Å². The van der Waals surface area contributed by atoms with Crippen molar-refractivity contribution in [3.8, 4) is 22.5 Å². The third kappa shape index (κ3) is 2.03. The Kier molecular flexibility index (Phi) is 2.88. The Hall–Kier alpha value is -2.42. The molecule has 19 heavy (non-hydrogen) atoms. The number of H-pyrrole nitrogens is 1. The molecule has 0 amide bonds. The van der Waals surface area contributed by atoms with Crippen LogP contribution >= 0.6 is 0 Å². The lowest BCUT2D eigenvalue weighted by molar-refractivity contribution is 1.05. The van der Waals surface area contributed by atoms with E-state index in [1.165, 1.54) is 5.56 Å². The number of nitrogens with one attached hydrogen (secondary N) is 1. The van der Waals surface area contributed by atoms with Gasteiger partial charge in [0.05, 0.1) is 5.69 Å². The Morgan fingerprint density at radius 3 is 2.47 bits per heavy atom. The van der Waals surface area contributed by atoms with E-state index in [1.54, 1.807) is 0 Å². The molecule has 1 aromatic carbocycles. The molecule has 0 aliphatic rings. The molecule has 0 aliphatic heterocycles. The molecule has 0 fully saturated rings. The van der Waals surface area contributed by atoms with Gasteiger partial charge in [-0.1, -0.05) is 30.3 Å². The van der Waals surface area contributed by atoms with Crippen LogP contribution in [0.3, 0.4) is 0 Å². The van der Waals surface area contributed by atoms with Gasteiger partial charge in [-0.3, -0.25) is 10.1 Å². The van der Waals surface area contributed by atoms with Crippen molar-refractivity contribution in [3.63, 3.8) is 0 Å². The molecule has 0 saturated heterocycles. The second-order valence-corrected chi connectivity index (χ2v) is 4.60. The fraction of sp³-hybridized carbons (Fsp3) is 0.125. The van der Waals surface area contributed by atoms with Crippen LogP contribution in [0.15, 0.2) is 48.7 Å². The second kappa shape index (κ2) is 4.69. The zero-order chi connectivity index (χ0) is 13.2. The fourth-order valence-corrected chi connectivity index (χ4v) is 2.29. The van der Waals surface area contributed by atoms with Crippen molar-refractivity contribution in [2.45, 2.75) is 13.8 Å². The molecular weight excluding hydrogens is 234 g/mol. The Morgan fingerprint density at radius 1 is 0.947 bits per heavy atom. The summed E-state index contributed by atoms with van der Waals surface area (Å²) in [5.74, 6) is 0. The molecule has 0 radical (unpaired) electrons. The molecule has 0 unspecified atom stereocenters. The van der Waals surface area contributed by atoms with Crippen LogP contribution in [-0.2, 0) is 0 Å². The van der Waals surface area contributed by atoms with E-state index >= 15 is 0 Å². The number of aromatic nitrogens is 3. The minimum Gasteiger partial charge on any atom is -0.282 e. The van der Waals surface area contributed by atoms with Crippen molar-refractivity contribution >= 4 is 0 Å². The number of aromatic amines is 1. The Labute approximate surface area is 112 Å². The predicted octanol–water partition coefficient (Wildman–Crippen LogP) is 3.76. The fourth-order valence-electron chi connectivity index (χ4n) is 2.29. The molecule has 0 aliphatic carbocycles. The van der Waals surface area contributed by atoms with Crippen LogP contribution in [0.5, 0.6) is 0 Å². The van der Waals surface area contributed by atoms with Gasteiger partial charge in [-0.2, -0.15) is 5.10 Å². The molecule has 3 rings (SSSR count). The van der Waals surface area contributed by atoms with Crippen LogP contribution < -0.4 is 0 Å². The van der Waals surface area contributed by atoms with Gasteiger partial charge in [0, 0.05) is 23.0 Å². The zero-order valence-electron chi connectivity index (χ0n) is 11.0. The number of hydrogen-bond acceptors (Lipinski definition) is 2. The summed E-state index contributed by atoms with van der Waals surface area (Å²) in [5.41, 5.74) is 6.40. The first-order valence-electron chi connectivity index (χ1n) is 6.30. The maximum Gasteiger partial charge on any atom is 0.102 e. The molecule has 0 atom stereocenters. The molecule has 3 heteroatoms. The summed E-state index contributed by atoms with van der Waals surface area (Å²) >= 11 is 0. The summed E-state index contributed by atoms with van der Waals surface area (Å²) in [5, 5.41) is 7.53. The summed E-state index contributed by atoms with van der Waals surface area (Å²) in [6.07, 6.45) is 1.81. The third-order valence-corrected chi connectivity index (χ3v) is 3.27. The Balaban J connectivity index is 2.23. The van der Waals surface area contributed by atoms with Crippen molar-refractivity contribution in [2.24, 2.45) is 0 Å². The first kappa shape index (κ1) is 11.7. The zero-order valence-corrected chi connectivity index (χ0v) is 11.0. The lowest BCUT2D eigenvalue weighted by Crippen LogP contribution is -1.88. The standard InChI is InChI=1S/C16H15N3/c1-11-7-3-4-8-13(11)16-15(12(2)18-19-16)14-9-5-6-10-17-14/h3-10H,1-2H3,(H,18,19). The Morgan fingerprint density at radius 2 is 1.74 bits per heavy atom. The number of benzene rings is 1. The van der Waals surface area contributed by atoms with Crippen LogP contribution in [-0.4, -0.2) is 15.2 Å². The van der Waals surface area contributed by atoms with Crippen molar-refractivity contribution < 1.29 is 0 Å². The molecule has 0 spiro atoms. The minimum atomic E-state index is 0.951. The number of rotatable bonds is 2. The third-order valence-electron chi connectivity index (χ3n) is 3.27. The molecule has 3 nitrogen and oxygen atoms in total. The summed E-state index contributed by atoms with van der Waals surface area (Å²) in [6.45, 7) is 4.13. The van der Waals surface area contributed by atoms with Gasteiger partial charge >= 0.3 is 0 Å². The second-order valence-electron chi connectivity index (χ2n) is 4.60. The largest absolute Gasteiger partial charge is 0.282 e. The first-order valence-corrected chi connectivity index (χ1v) is 6.30. The van der Waals surface area contributed by atoms with Crippen molar-refractivity contribution in [2.75, 3.05) is 0 Å². The molecule has 0 saturated carbocycles. The van der Waals surface area contributed by atoms with Crippen molar-refractivity contribution in [3.05, 3.63) is 59.9 Å². The van der Waals surface area contributed by atoms with Crippen LogP contribution in [0, 0.1) is 13.8 Å². The van der Waals surface area contributed by atoms with Crippen LogP contribution in [0.2, 0.25) is 0 Å². The Bertz CT molecular complexity index is 699. The lowest BCUT2D eigenvalue weighted by atomic mass is 9.99. The maximum absolute atomic E-state index is 4.46. The van der Waals surface area contributed by atoms with Gasteiger partial charge in [0.15, 0.2) is 0 Å². The predicted molar refractivity (Wildman–Crippen MR) is 76.7 cm³/mol. The van der Waals surface area contributed by atoms with Crippen LogP contribution in [0.1, 0.15) is 11.3 Å². The number of hydrogen-bond donors (Lipinski definition) is 1. The van der Waals surface area contributed by atoms with E-state index in [-0.39, 0.29) is 0 Å². The van der Waals surface area contributed by atoms with E-state index < -0.39 is 0 Å². The van der Waals surface area contributed by atoms with Gasteiger partial charge in [0.25, 0.3) is 0 Å². The highest BCUT2D eigenvalue weighted by Crippen LogP contribution is 2.32. The molecule has 2 aromatic heterocycles. The van der Waals surface area contributed by atoms with Gasteiger partial charge in [-0.15, -0.1) is 0 Å². The number of aryl methyl sites for hydroxylation is 2. The number of nitrogens with zero attached hydrogens (tertiary/aromatic N) is 2. The molecule has 3 aromatic rings. The van der Waals surface area contributed by atoms with Crippen LogP contribution in [0.4, 0.5) is 0 Å². The van der Waals surface area contributed by atoms with E-state index in [9.17, 15) is 0 Å². The van der Waals surface area contributed by atoms with Gasteiger partial charge in [0.1, 0.15) is 5.69 Å². The SMILES string of the molecule is Cc1ccccc1-c1n[nH]c(C)c1-c1ccccn1. The summed E-state index contributed by atoms with van der Waals surface area (Å²) < 4.78 is 0. The monoisotopic (exact) mass is 249 g/mol. The van der Waals surface area contributed by atoms with E-state index in [0.29, 0.717) is 0 Å². The highest BCUT2D eigenvalue weighted by Gasteiger charge is 2.16. The number of pyridine rings is 1. The molecule has 1 N–H and O–H groups in total. The first-order chi connectivity index (χ1) is 9.27. The molecule has 94 valence electrons. The highest BCUT2D eigenvalue weighted by atomic mass is 15.1. The topological polar surface area (TPSA) is 41.6 Å². The van der Waals surface area contributed by atoms with Gasteiger partial charge < -0.3 is 0 Å². The summed E-state index contributed by atoms with van der Waals surface area (Å²) in [6, 6.07) is 14.2. The average molecular weight is 249 g/mol. The van der Waals surface area contributed by atoms with Gasteiger partial charge in [0.2, 0.25) is 0 Å². The molecule has 2 heterocycles. The molecular formula is C16H15N3. The smallest absolute Gasteiger partial charge is 0.102 e. The van der Waals surface area contributed by atoms with E-state index in [4.69, 9.17) is 0 Å². The highest BCUT2D eigenvalue weighted by molar-refractivity contribution is 5.81. The van der Waals surface area contributed by atoms with E-state index in [2.05, 4.69) is 34.2 Å².